The van der Waals surface area contributed by atoms with Crippen molar-refractivity contribution < 1.29 is 4.74 Å². The Bertz CT molecular complexity index is 564. The highest BCUT2D eigenvalue weighted by molar-refractivity contribution is 5.52. The number of hydrogen-bond donors (Lipinski definition) is 1. The number of ether oxygens (including phenoxy) is 1. The highest BCUT2D eigenvalue weighted by atomic mass is 16.5. The van der Waals surface area contributed by atoms with E-state index in [0.717, 1.165) is 18.2 Å². The molecule has 1 N–H and O–H groups in total. The van der Waals surface area contributed by atoms with Gasteiger partial charge in [-0.05, 0) is 42.0 Å². The molecule has 0 unspecified atom stereocenters. The molecule has 98 valence electrons. The first kappa shape index (κ1) is 12.0. The molecule has 0 saturated heterocycles. The number of aromatic nitrogens is 1. The third-order valence-corrected chi connectivity index (χ3v) is 3.45. The lowest BCUT2D eigenvalue weighted by Crippen LogP contribution is -2.02. The monoisotopic (exact) mass is 254 g/mol. The molecule has 0 bridgehead atoms. The van der Waals surface area contributed by atoms with Crippen molar-refractivity contribution in [1.82, 2.24) is 4.98 Å². The number of methoxy groups -OCH3 is 1. The lowest BCUT2D eigenvalue weighted by Gasteiger charge is -2.10. The van der Waals surface area contributed by atoms with Crippen LogP contribution < -0.4 is 10.1 Å². The molecule has 0 aliphatic heterocycles. The second-order valence-electron chi connectivity index (χ2n) is 4.93. The third-order valence-electron chi connectivity index (χ3n) is 3.45. The Morgan fingerprint density at radius 1 is 1.26 bits per heavy atom. The van der Waals surface area contributed by atoms with E-state index >= 15 is 0 Å². The van der Waals surface area contributed by atoms with Gasteiger partial charge in [-0.15, -0.1) is 0 Å². The molecule has 0 atom stereocenters. The van der Waals surface area contributed by atoms with E-state index < -0.39 is 0 Å². The molecule has 0 amide bonds. The predicted octanol–water partition coefficient (Wildman–Crippen LogP) is 3.58. The lowest BCUT2D eigenvalue weighted by molar-refractivity contribution is 0.399. The van der Waals surface area contributed by atoms with Gasteiger partial charge in [-0.25, -0.2) is 4.98 Å². The first-order chi connectivity index (χ1) is 9.36. The number of rotatable bonds is 5. The van der Waals surface area contributed by atoms with E-state index in [2.05, 4.69) is 34.6 Å². The van der Waals surface area contributed by atoms with Crippen LogP contribution in [0.5, 0.6) is 5.88 Å². The van der Waals surface area contributed by atoms with Crippen molar-refractivity contribution in [3.8, 4) is 5.88 Å². The van der Waals surface area contributed by atoms with Crippen LogP contribution in [0.3, 0.4) is 0 Å². The van der Waals surface area contributed by atoms with E-state index in [1.54, 1.807) is 13.3 Å². The molecule has 3 rings (SSSR count). The fourth-order valence-corrected chi connectivity index (χ4v) is 2.26. The van der Waals surface area contributed by atoms with Gasteiger partial charge in [-0.3, -0.25) is 0 Å². The summed E-state index contributed by atoms with van der Waals surface area (Å²) in [6.07, 6.45) is 4.42. The molecule has 19 heavy (non-hydrogen) atoms. The summed E-state index contributed by atoms with van der Waals surface area (Å²) in [5.74, 6) is 1.44. The molecule has 3 heteroatoms. The molecular weight excluding hydrogens is 236 g/mol. The van der Waals surface area contributed by atoms with Crippen LogP contribution in [0.1, 0.15) is 29.9 Å². The highest BCUT2D eigenvalue weighted by Gasteiger charge is 2.23. The summed E-state index contributed by atoms with van der Waals surface area (Å²) >= 11 is 0. The van der Waals surface area contributed by atoms with Crippen molar-refractivity contribution >= 4 is 5.69 Å². The second kappa shape index (κ2) is 5.31. The molecule has 1 aromatic heterocycles. The second-order valence-corrected chi connectivity index (χ2v) is 4.93. The van der Waals surface area contributed by atoms with Gasteiger partial charge >= 0.3 is 0 Å². The summed E-state index contributed by atoms with van der Waals surface area (Å²) in [6, 6.07) is 12.7. The zero-order chi connectivity index (χ0) is 13.1. The van der Waals surface area contributed by atoms with Crippen molar-refractivity contribution in [2.75, 3.05) is 12.4 Å². The van der Waals surface area contributed by atoms with Gasteiger partial charge in [0.2, 0.25) is 5.88 Å². The summed E-state index contributed by atoms with van der Waals surface area (Å²) in [5, 5.41) is 3.38. The number of pyridine rings is 1. The summed E-state index contributed by atoms with van der Waals surface area (Å²) in [6.45, 7) is 0.794. The highest BCUT2D eigenvalue weighted by Crippen LogP contribution is 2.40. The molecular formula is C16H18N2O. The van der Waals surface area contributed by atoms with E-state index in [4.69, 9.17) is 4.74 Å². The first-order valence-corrected chi connectivity index (χ1v) is 6.68. The van der Waals surface area contributed by atoms with Crippen molar-refractivity contribution in [3.05, 3.63) is 53.7 Å². The van der Waals surface area contributed by atoms with Crippen molar-refractivity contribution in [3.63, 3.8) is 0 Å². The van der Waals surface area contributed by atoms with Gasteiger partial charge in [-0.2, -0.15) is 0 Å². The number of nitrogens with zero attached hydrogens (tertiary/aromatic N) is 1. The number of hydrogen-bond acceptors (Lipinski definition) is 3. The SMILES string of the molecule is COc1ncccc1NCc1cccc(C2CC2)c1. The molecule has 1 fully saturated rings. The smallest absolute Gasteiger partial charge is 0.237 e. The summed E-state index contributed by atoms with van der Waals surface area (Å²) in [7, 11) is 1.64. The average Bonchev–Trinajstić information content (AvgIpc) is 3.30. The van der Waals surface area contributed by atoms with Crippen LogP contribution in [0.25, 0.3) is 0 Å². The van der Waals surface area contributed by atoms with Crippen molar-refractivity contribution in [2.45, 2.75) is 25.3 Å². The van der Waals surface area contributed by atoms with Crippen LogP contribution >= 0.6 is 0 Å². The molecule has 0 spiro atoms. The minimum atomic E-state index is 0.640. The number of nitrogens with one attached hydrogen (secondary N) is 1. The van der Waals surface area contributed by atoms with Crippen molar-refractivity contribution in [1.29, 1.82) is 0 Å². The van der Waals surface area contributed by atoms with Crippen LogP contribution in [-0.4, -0.2) is 12.1 Å². The van der Waals surface area contributed by atoms with E-state index in [9.17, 15) is 0 Å². The maximum Gasteiger partial charge on any atom is 0.237 e. The molecule has 2 aromatic rings. The quantitative estimate of drug-likeness (QED) is 0.885. The minimum Gasteiger partial charge on any atom is -0.480 e. The number of benzene rings is 1. The fraction of sp³-hybridized carbons (Fsp3) is 0.312. The Morgan fingerprint density at radius 2 is 2.16 bits per heavy atom. The van der Waals surface area contributed by atoms with Gasteiger partial charge in [0.25, 0.3) is 0 Å². The van der Waals surface area contributed by atoms with Crippen molar-refractivity contribution in [2.24, 2.45) is 0 Å². The van der Waals surface area contributed by atoms with E-state index in [1.807, 2.05) is 12.1 Å². The third kappa shape index (κ3) is 2.87. The zero-order valence-electron chi connectivity index (χ0n) is 11.1. The summed E-state index contributed by atoms with van der Waals surface area (Å²) < 4.78 is 5.23. The Kier molecular flexibility index (Phi) is 3.36. The molecule has 1 aliphatic rings. The van der Waals surface area contributed by atoms with Gasteiger partial charge in [0, 0.05) is 12.7 Å². The van der Waals surface area contributed by atoms with E-state index in [-0.39, 0.29) is 0 Å². The molecule has 1 aromatic carbocycles. The average molecular weight is 254 g/mol. The van der Waals surface area contributed by atoms with Gasteiger partial charge in [-0.1, -0.05) is 24.3 Å². The lowest BCUT2D eigenvalue weighted by atomic mass is 10.1. The van der Waals surface area contributed by atoms with Crippen LogP contribution in [-0.2, 0) is 6.54 Å². The maximum atomic E-state index is 5.23. The zero-order valence-corrected chi connectivity index (χ0v) is 11.1. The van der Waals surface area contributed by atoms with Gasteiger partial charge in [0.15, 0.2) is 0 Å². The molecule has 0 radical (unpaired) electrons. The van der Waals surface area contributed by atoms with Crippen LogP contribution in [0.15, 0.2) is 42.6 Å². The van der Waals surface area contributed by atoms with Crippen LogP contribution in [0.2, 0.25) is 0 Å². The van der Waals surface area contributed by atoms with Crippen LogP contribution in [0.4, 0.5) is 5.69 Å². The minimum absolute atomic E-state index is 0.640. The summed E-state index contributed by atoms with van der Waals surface area (Å²) in [4.78, 5) is 4.18. The van der Waals surface area contributed by atoms with E-state index in [0.29, 0.717) is 5.88 Å². The topological polar surface area (TPSA) is 34.1 Å². The Balaban J connectivity index is 1.70. The fourth-order valence-electron chi connectivity index (χ4n) is 2.26. The molecule has 3 nitrogen and oxygen atoms in total. The van der Waals surface area contributed by atoms with Gasteiger partial charge < -0.3 is 10.1 Å². The number of anilines is 1. The Labute approximate surface area is 113 Å². The Hall–Kier alpha value is -2.03. The Morgan fingerprint density at radius 3 is 2.95 bits per heavy atom. The van der Waals surface area contributed by atoms with Gasteiger partial charge in [0.1, 0.15) is 0 Å². The maximum absolute atomic E-state index is 5.23. The van der Waals surface area contributed by atoms with Gasteiger partial charge in [0.05, 0.1) is 12.8 Å². The predicted molar refractivity (Wildman–Crippen MR) is 76.5 cm³/mol. The van der Waals surface area contributed by atoms with E-state index in [1.165, 1.54) is 24.0 Å². The molecule has 1 aliphatic carbocycles. The normalized spacial score (nSPS) is 14.2. The van der Waals surface area contributed by atoms with Crippen LogP contribution in [0, 0.1) is 0 Å². The standard InChI is InChI=1S/C16H18N2O/c1-19-16-15(6-3-9-17-16)18-11-12-4-2-5-14(10-12)13-7-8-13/h2-6,9-10,13,18H,7-8,11H2,1H3. The molecule has 1 saturated carbocycles. The largest absolute Gasteiger partial charge is 0.480 e. The molecule has 1 heterocycles. The summed E-state index contributed by atoms with van der Waals surface area (Å²) in [5.41, 5.74) is 3.70. The first-order valence-electron chi connectivity index (χ1n) is 6.68.